The van der Waals surface area contributed by atoms with Crippen LogP contribution in [-0.2, 0) is 0 Å². The summed E-state index contributed by atoms with van der Waals surface area (Å²) in [5.74, 6) is 6.90. The lowest BCUT2D eigenvalue weighted by Gasteiger charge is -2.34. The van der Waals surface area contributed by atoms with Crippen molar-refractivity contribution in [3.8, 4) is 11.8 Å². The third kappa shape index (κ3) is 5.97. The minimum Gasteiger partial charge on any atom is -0.378 e. The van der Waals surface area contributed by atoms with Gasteiger partial charge in [-0.1, -0.05) is 38.2 Å². The van der Waals surface area contributed by atoms with Crippen LogP contribution in [0.15, 0.2) is 24.5 Å². The van der Waals surface area contributed by atoms with Gasteiger partial charge < -0.3 is 5.11 Å². The summed E-state index contributed by atoms with van der Waals surface area (Å²) in [6.45, 7) is 7.97. The highest BCUT2D eigenvalue weighted by Gasteiger charge is 2.23. The number of rotatable bonds is 5. The van der Waals surface area contributed by atoms with Crippen LogP contribution < -0.4 is 0 Å². The Morgan fingerprint density at radius 3 is 2.96 bits per heavy atom. The van der Waals surface area contributed by atoms with Crippen LogP contribution in [0.2, 0.25) is 0 Å². The van der Waals surface area contributed by atoms with E-state index in [0.29, 0.717) is 12.0 Å². The van der Waals surface area contributed by atoms with Crippen LogP contribution >= 0.6 is 0 Å². The highest BCUT2D eigenvalue weighted by Crippen LogP contribution is 2.29. The first-order valence-electron chi connectivity index (χ1n) is 8.84. The molecule has 1 aliphatic heterocycles. The first kappa shape index (κ1) is 18.0. The predicted molar refractivity (Wildman–Crippen MR) is 94.9 cm³/mol. The SMILES string of the molecule is CC(C)CC[C@@](C)(O)C#CCN1CCCC[C@@H]1c1cccnc1. The maximum Gasteiger partial charge on any atom is 0.122 e. The molecule has 1 fully saturated rings. The van der Waals surface area contributed by atoms with E-state index in [2.05, 4.69) is 41.6 Å². The molecule has 126 valence electrons. The molecule has 2 heterocycles. The van der Waals surface area contributed by atoms with E-state index in [4.69, 9.17) is 0 Å². The van der Waals surface area contributed by atoms with Gasteiger partial charge in [0.2, 0.25) is 0 Å². The third-order valence-corrected chi connectivity index (χ3v) is 4.53. The van der Waals surface area contributed by atoms with Crippen molar-refractivity contribution in [2.24, 2.45) is 5.92 Å². The zero-order valence-corrected chi connectivity index (χ0v) is 14.8. The molecule has 0 bridgehead atoms. The molecule has 3 nitrogen and oxygen atoms in total. The standard InChI is InChI=1S/C20H30N2O/c1-17(2)10-12-20(3,23)11-7-15-22-14-5-4-9-19(22)18-8-6-13-21-16-18/h6,8,13,16-17,19,23H,4-5,9-10,12,14-15H2,1-3H3/t19-,20+/m1/s1. The average molecular weight is 314 g/mol. The largest absolute Gasteiger partial charge is 0.378 e. The van der Waals surface area contributed by atoms with Crippen LogP contribution in [-0.4, -0.2) is 33.7 Å². The second-order valence-corrected chi connectivity index (χ2v) is 7.28. The Kier molecular flexibility index (Phi) is 6.62. The third-order valence-electron chi connectivity index (χ3n) is 4.53. The second-order valence-electron chi connectivity index (χ2n) is 7.28. The number of hydrogen-bond acceptors (Lipinski definition) is 3. The van der Waals surface area contributed by atoms with Gasteiger partial charge in [0.25, 0.3) is 0 Å². The molecule has 1 saturated heterocycles. The van der Waals surface area contributed by atoms with E-state index in [1.807, 2.05) is 25.4 Å². The van der Waals surface area contributed by atoms with Crippen molar-refractivity contribution in [1.29, 1.82) is 0 Å². The lowest BCUT2D eigenvalue weighted by Crippen LogP contribution is -2.34. The Labute approximate surface area is 141 Å². The number of hydrogen-bond donors (Lipinski definition) is 1. The summed E-state index contributed by atoms with van der Waals surface area (Å²) < 4.78 is 0. The summed E-state index contributed by atoms with van der Waals surface area (Å²) >= 11 is 0. The van der Waals surface area contributed by atoms with E-state index < -0.39 is 5.60 Å². The van der Waals surface area contributed by atoms with E-state index in [0.717, 1.165) is 32.4 Å². The lowest BCUT2D eigenvalue weighted by molar-refractivity contribution is 0.105. The molecular weight excluding hydrogens is 284 g/mol. The van der Waals surface area contributed by atoms with Crippen molar-refractivity contribution < 1.29 is 5.11 Å². The zero-order valence-electron chi connectivity index (χ0n) is 14.8. The molecule has 0 aliphatic carbocycles. The summed E-state index contributed by atoms with van der Waals surface area (Å²) in [5, 5.41) is 10.4. The number of aliphatic hydroxyl groups is 1. The van der Waals surface area contributed by atoms with Gasteiger partial charge in [-0.3, -0.25) is 9.88 Å². The highest BCUT2D eigenvalue weighted by atomic mass is 16.3. The quantitative estimate of drug-likeness (QED) is 0.840. The summed E-state index contributed by atoms with van der Waals surface area (Å²) in [4.78, 5) is 6.67. The van der Waals surface area contributed by atoms with Crippen LogP contribution in [0.1, 0.15) is 64.5 Å². The Morgan fingerprint density at radius 2 is 2.26 bits per heavy atom. The van der Waals surface area contributed by atoms with E-state index in [-0.39, 0.29) is 0 Å². The van der Waals surface area contributed by atoms with Crippen molar-refractivity contribution in [1.82, 2.24) is 9.88 Å². The van der Waals surface area contributed by atoms with E-state index in [1.54, 1.807) is 0 Å². The fourth-order valence-electron chi connectivity index (χ4n) is 3.09. The molecule has 2 rings (SSSR count). The summed E-state index contributed by atoms with van der Waals surface area (Å²) in [6.07, 6.45) is 9.18. The molecule has 1 aromatic heterocycles. The Hall–Kier alpha value is -1.37. The first-order chi connectivity index (χ1) is 11.0. The number of pyridine rings is 1. The average Bonchev–Trinajstić information content (AvgIpc) is 2.54. The minimum atomic E-state index is -0.871. The molecule has 3 heteroatoms. The van der Waals surface area contributed by atoms with Crippen molar-refractivity contribution in [2.45, 2.75) is 64.5 Å². The smallest absolute Gasteiger partial charge is 0.122 e. The monoisotopic (exact) mass is 314 g/mol. The Bertz CT molecular complexity index is 528. The van der Waals surface area contributed by atoms with Crippen molar-refractivity contribution >= 4 is 0 Å². The Balaban J connectivity index is 1.96. The predicted octanol–water partition coefficient (Wildman–Crippen LogP) is 3.80. The van der Waals surface area contributed by atoms with Crippen LogP contribution in [0.4, 0.5) is 0 Å². The van der Waals surface area contributed by atoms with E-state index in [1.165, 1.54) is 18.4 Å². The highest BCUT2D eigenvalue weighted by molar-refractivity contribution is 5.17. The van der Waals surface area contributed by atoms with Crippen LogP contribution in [0, 0.1) is 17.8 Å². The number of aromatic nitrogens is 1. The zero-order chi connectivity index (χ0) is 16.7. The van der Waals surface area contributed by atoms with Crippen molar-refractivity contribution in [3.63, 3.8) is 0 Å². The number of piperidine rings is 1. The number of likely N-dealkylation sites (tertiary alicyclic amines) is 1. The topological polar surface area (TPSA) is 36.4 Å². The van der Waals surface area contributed by atoms with E-state index >= 15 is 0 Å². The molecule has 1 N–H and O–H groups in total. The van der Waals surface area contributed by atoms with Gasteiger partial charge in [0.1, 0.15) is 5.60 Å². The normalized spacial score (nSPS) is 21.5. The molecule has 0 radical (unpaired) electrons. The van der Waals surface area contributed by atoms with Crippen LogP contribution in [0.5, 0.6) is 0 Å². The van der Waals surface area contributed by atoms with Gasteiger partial charge >= 0.3 is 0 Å². The molecule has 0 spiro atoms. The maximum atomic E-state index is 10.4. The lowest BCUT2D eigenvalue weighted by atomic mass is 9.95. The van der Waals surface area contributed by atoms with Crippen molar-refractivity contribution in [3.05, 3.63) is 30.1 Å². The summed E-state index contributed by atoms with van der Waals surface area (Å²) in [6, 6.07) is 4.57. The Morgan fingerprint density at radius 1 is 1.43 bits per heavy atom. The minimum absolute atomic E-state index is 0.410. The van der Waals surface area contributed by atoms with Gasteiger partial charge in [0, 0.05) is 18.4 Å². The van der Waals surface area contributed by atoms with Gasteiger partial charge in [-0.25, -0.2) is 0 Å². The van der Waals surface area contributed by atoms with Crippen LogP contribution in [0.3, 0.4) is 0 Å². The van der Waals surface area contributed by atoms with Gasteiger partial charge in [-0.15, -0.1) is 0 Å². The van der Waals surface area contributed by atoms with Gasteiger partial charge in [-0.2, -0.15) is 0 Å². The molecule has 1 aromatic rings. The van der Waals surface area contributed by atoms with Crippen LogP contribution in [0.25, 0.3) is 0 Å². The first-order valence-corrected chi connectivity index (χ1v) is 8.84. The summed E-state index contributed by atoms with van der Waals surface area (Å²) in [5.41, 5.74) is 0.407. The molecule has 0 amide bonds. The van der Waals surface area contributed by atoms with Gasteiger partial charge in [0.05, 0.1) is 6.54 Å². The van der Waals surface area contributed by atoms with E-state index in [9.17, 15) is 5.11 Å². The maximum absolute atomic E-state index is 10.4. The van der Waals surface area contributed by atoms with Gasteiger partial charge in [0.15, 0.2) is 0 Å². The molecule has 2 atom stereocenters. The molecule has 23 heavy (non-hydrogen) atoms. The van der Waals surface area contributed by atoms with Crippen molar-refractivity contribution in [2.75, 3.05) is 13.1 Å². The molecule has 0 saturated carbocycles. The fourth-order valence-corrected chi connectivity index (χ4v) is 3.09. The fraction of sp³-hybridized carbons (Fsp3) is 0.650. The molecular formula is C20H30N2O. The molecule has 0 unspecified atom stereocenters. The molecule has 0 aromatic carbocycles. The molecule has 1 aliphatic rings. The second kappa shape index (κ2) is 8.47. The number of nitrogens with zero attached hydrogens (tertiary/aromatic N) is 2. The van der Waals surface area contributed by atoms with Gasteiger partial charge in [-0.05, 0) is 56.7 Å². The summed E-state index contributed by atoms with van der Waals surface area (Å²) in [7, 11) is 0.